The molecule has 0 saturated heterocycles. The fourth-order valence-electron chi connectivity index (χ4n) is 1.69. The molecule has 0 aromatic heterocycles. The minimum absolute atomic E-state index is 0.339. The summed E-state index contributed by atoms with van der Waals surface area (Å²) >= 11 is 0. The first-order chi connectivity index (χ1) is 6.17. The summed E-state index contributed by atoms with van der Waals surface area (Å²) in [6, 6.07) is 0. The molecule has 0 aliphatic carbocycles. The molecule has 4 nitrogen and oxygen atoms in total. The lowest BCUT2D eigenvalue weighted by atomic mass is 9.76. The third kappa shape index (κ3) is 2.45. The van der Waals surface area contributed by atoms with Crippen molar-refractivity contribution in [3.8, 4) is 0 Å². The molecule has 4 heteroatoms. The predicted molar refractivity (Wildman–Crippen MR) is 53.8 cm³/mol. The predicted octanol–water partition coefficient (Wildman–Crippen LogP) is 0.0302. The van der Waals surface area contributed by atoms with E-state index in [9.17, 15) is 20.4 Å². The minimum Gasteiger partial charge on any atom is -0.390 e. The molecule has 0 bridgehead atoms. The van der Waals surface area contributed by atoms with Crippen LogP contribution < -0.4 is 0 Å². The van der Waals surface area contributed by atoms with Gasteiger partial charge in [0.05, 0.1) is 17.8 Å². The smallest absolute Gasteiger partial charge is 0.144 e. The average molecular weight is 206 g/mol. The lowest BCUT2D eigenvalue weighted by molar-refractivity contribution is -0.231. The Kier molecular flexibility index (Phi) is 4.52. The van der Waals surface area contributed by atoms with E-state index in [2.05, 4.69) is 0 Å². The monoisotopic (exact) mass is 206 g/mol. The summed E-state index contributed by atoms with van der Waals surface area (Å²) in [6.07, 6.45) is -1.31. The van der Waals surface area contributed by atoms with Gasteiger partial charge in [-0.3, -0.25) is 0 Å². The number of hydrogen-bond acceptors (Lipinski definition) is 4. The fourth-order valence-corrected chi connectivity index (χ4v) is 1.69. The summed E-state index contributed by atoms with van der Waals surface area (Å²) in [4.78, 5) is 0. The van der Waals surface area contributed by atoms with Gasteiger partial charge in [-0.1, -0.05) is 13.3 Å². The molecule has 0 saturated carbocycles. The molecule has 14 heavy (non-hydrogen) atoms. The lowest BCUT2D eigenvalue weighted by Gasteiger charge is -2.44. The molecule has 3 atom stereocenters. The standard InChI is InChI=1S/C10H22O4/c1-5-6-8(12)10(14,7(2)11)9(3,4)13/h7-8,11-14H,5-6H2,1-4H3. The van der Waals surface area contributed by atoms with Crippen molar-refractivity contribution in [3.63, 3.8) is 0 Å². The van der Waals surface area contributed by atoms with Gasteiger partial charge in [0.15, 0.2) is 0 Å². The van der Waals surface area contributed by atoms with Gasteiger partial charge in [-0.05, 0) is 27.2 Å². The topological polar surface area (TPSA) is 80.9 Å². The van der Waals surface area contributed by atoms with Crippen LogP contribution in [0, 0.1) is 0 Å². The van der Waals surface area contributed by atoms with E-state index in [0.717, 1.165) is 0 Å². The molecule has 0 aromatic rings. The van der Waals surface area contributed by atoms with Crippen LogP contribution in [-0.4, -0.2) is 43.8 Å². The molecule has 0 aromatic carbocycles. The van der Waals surface area contributed by atoms with Crippen LogP contribution in [-0.2, 0) is 0 Å². The van der Waals surface area contributed by atoms with Crippen molar-refractivity contribution in [2.45, 2.75) is 63.9 Å². The summed E-state index contributed by atoms with van der Waals surface area (Å²) in [5.41, 5.74) is -3.43. The van der Waals surface area contributed by atoms with Crippen LogP contribution in [0.5, 0.6) is 0 Å². The lowest BCUT2D eigenvalue weighted by Crippen LogP contribution is -2.64. The van der Waals surface area contributed by atoms with E-state index in [1.54, 1.807) is 0 Å². The van der Waals surface area contributed by atoms with Crippen LogP contribution in [0.25, 0.3) is 0 Å². The van der Waals surface area contributed by atoms with Crippen LogP contribution in [0.15, 0.2) is 0 Å². The molecule has 0 rings (SSSR count). The molecule has 3 unspecified atom stereocenters. The zero-order valence-corrected chi connectivity index (χ0v) is 9.36. The van der Waals surface area contributed by atoms with E-state index >= 15 is 0 Å². The molecule has 86 valence electrons. The zero-order valence-electron chi connectivity index (χ0n) is 9.36. The van der Waals surface area contributed by atoms with E-state index in [4.69, 9.17) is 0 Å². The average Bonchev–Trinajstić information content (AvgIpc) is 2.00. The Morgan fingerprint density at radius 1 is 1.14 bits per heavy atom. The number of aliphatic hydroxyl groups excluding tert-OH is 2. The second-order valence-electron chi connectivity index (χ2n) is 4.36. The first kappa shape index (κ1) is 13.8. The van der Waals surface area contributed by atoms with Gasteiger partial charge >= 0.3 is 0 Å². The normalized spacial score (nSPS) is 21.4. The van der Waals surface area contributed by atoms with Crippen LogP contribution in [0.3, 0.4) is 0 Å². The Morgan fingerprint density at radius 2 is 1.57 bits per heavy atom. The van der Waals surface area contributed by atoms with Crippen molar-refractivity contribution in [1.29, 1.82) is 0 Å². The molecule has 0 amide bonds. The zero-order chi connectivity index (χ0) is 11.6. The number of rotatable bonds is 5. The Balaban J connectivity index is 4.91. The van der Waals surface area contributed by atoms with Crippen molar-refractivity contribution in [1.82, 2.24) is 0 Å². The first-order valence-electron chi connectivity index (χ1n) is 4.98. The van der Waals surface area contributed by atoms with E-state index in [-0.39, 0.29) is 0 Å². The summed E-state index contributed by atoms with van der Waals surface area (Å²) < 4.78 is 0. The highest BCUT2D eigenvalue weighted by Crippen LogP contribution is 2.31. The quantitative estimate of drug-likeness (QED) is 0.511. The van der Waals surface area contributed by atoms with Crippen LogP contribution in [0.4, 0.5) is 0 Å². The third-order valence-corrected chi connectivity index (χ3v) is 2.69. The van der Waals surface area contributed by atoms with Crippen molar-refractivity contribution in [2.24, 2.45) is 0 Å². The van der Waals surface area contributed by atoms with Gasteiger partial charge in [0, 0.05) is 0 Å². The van der Waals surface area contributed by atoms with Crippen LogP contribution in [0.1, 0.15) is 40.5 Å². The Morgan fingerprint density at radius 3 is 1.79 bits per heavy atom. The fraction of sp³-hybridized carbons (Fsp3) is 1.00. The maximum Gasteiger partial charge on any atom is 0.144 e. The SMILES string of the molecule is CCCC(O)C(O)(C(C)O)C(C)(C)O. The van der Waals surface area contributed by atoms with E-state index in [0.29, 0.717) is 12.8 Å². The second-order valence-corrected chi connectivity index (χ2v) is 4.36. The minimum atomic E-state index is -1.89. The molecule has 0 aliphatic heterocycles. The van der Waals surface area contributed by atoms with Gasteiger partial charge in [0.25, 0.3) is 0 Å². The molecule has 0 heterocycles. The Bertz CT molecular complexity index is 173. The molecule has 4 N–H and O–H groups in total. The van der Waals surface area contributed by atoms with Crippen LogP contribution in [0.2, 0.25) is 0 Å². The van der Waals surface area contributed by atoms with E-state index in [1.807, 2.05) is 6.92 Å². The molecule has 0 radical (unpaired) electrons. The van der Waals surface area contributed by atoms with Crippen molar-refractivity contribution < 1.29 is 20.4 Å². The van der Waals surface area contributed by atoms with Gasteiger partial charge in [0.2, 0.25) is 0 Å². The van der Waals surface area contributed by atoms with Gasteiger partial charge in [-0.25, -0.2) is 0 Å². The Hall–Kier alpha value is -0.160. The first-order valence-corrected chi connectivity index (χ1v) is 4.98. The highest BCUT2D eigenvalue weighted by molar-refractivity contribution is 5.02. The highest BCUT2D eigenvalue weighted by atomic mass is 16.4. The maximum absolute atomic E-state index is 10.1. The summed E-state index contributed by atoms with van der Waals surface area (Å²) in [7, 11) is 0. The molecule has 0 fully saturated rings. The molecular formula is C10H22O4. The largest absolute Gasteiger partial charge is 0.390 e. The van der Waals surface area contributed by atoms with Gasteiger partial charge in [-0.15, -0.1) is 0 Å². The Labute approximate surface area is 85.2 Å². The third-order valence-electron chi connectivity index (χ3n) is 2.69. The second kappa shape index (κ2) is 4.57. The summed E-state index contributed by atoms with van der Waals surface area (Å²) in [6.45, 7) is 5.96. The van der Waals surface area contributed by atoms with Crippen LogP contribution >= 0.6 is 0 Å². The summed E-state index contributed by atoms with van der Waals surface area (Å²) in [5, 5.41) is 38.9. The number of hydrogen-bond donors (Lipinski definition) is 4. The number of aliphatic hydroxyl groups is 4. The van der Waals surface area contributed by atoms with Gasteiger partial charge in [0.1, 0.15) is 5.60 Å². The highest BCUT2D eigenvalue weighted by Gasteiger charge is 2.51. The molecular weight excluding hydrogens is 184 g/mol. The summed E-state index contributed by atoms with van der Waals surface area (Å²) in [5.74, 6) is 0. The molecule has 0 aliphatic rings. The van der Waals surface area contributed by atoms with E-state index in [1.165, 1.54) is 20.8 Å². The molecule has 0 spiro atoms. The van der Waals surface area contributed by atoms with Crippen molar-refractivity contribution >= 4 is 0 Å². The van der Waals surface area contributed by atoms with Crippen molar-refractivity contribution in [2.75, 3.05) is 0 Å². The van der Waals surface area contributed by atoms with Crippen molar-refractivity contribution in [3.05, 3.63) is 0 Å². The maximum atomic E-state index is 10.1. The van der Waals surface area contributed by atoms with Gasteiger partial charge < -0.3 is 20.4 Å². The van der Waals surface area contributed by atoms with Gasteiger partial charge in [-0.2, -0.15) is 0 Å². The van der Waals surface area contributed by atoms with E-state index < -0.39 is 23.4 Å².